The zero-order chi connectivity index (χ0) is 15.8. The number of nitrogens with one attached hydrogen (secondary N) is 1. The lowest BCUT2D eigenvalue weighted by Crippen LogP contribution is -2.23. The lowest BCUT2D eigenvalue weighted by atomic mass is 10.1. The molecule has 0 unspecified atom stereocenters. The highest BCUT2D eigenvalue weighted by atomic mass is 127. The molecule has 0 heterocycles. The van der Waals surface area contributed by atoms with Gasteiger partial charge in [-0.2, -0.15) is 0 Å². The molecule has 0 aliphatic carbocycles. The highest BCUT2D eigenvalue weighted by molar-refractivity contribution is 14.0. The molecule has 5 heteroatoms. The first kappa shape index (κ1) is 19.3. The van der Waals surface area contributed by atoms with Gasteiger partial charge in [0.05, 0.1) is 6.61 Å². The quantitative estimate of drug-likeness (QED) is 0.418. The molecule has 124 valence electrons. The van der Waals surface area contributed by atoms with E-state index >= 15 is 0 Å². The number of hydrogen-bond acceptors (Lipinski definition) is 2. The van der Waals surface area contributed by atoms with Crippen LogP contribution in [0.1, 0.15) is 18.1 Å². The number of aryl methyl sites for hydroxylation is 1. The Morgan fingerprint density at radius 2 is 1.91 bits per heavy atom. The number of nitrogens with two attached hydrogens (primary N) is 1. The Labute approximate surface area is 155 Å². The SMILES string of the molecule is CCOc1cccc(CCN=C(N)Nc2ccc(C)cc2)c1.I. The van der Waals surface area contributed by atoms with Crippen LogP contribution in [0, 0.1) is 6.92 Å². The molecule has 0 aliphatic heterocycles. The first-order valence-corrected chi connectivity index (χ1v) is 7.52. The third-order valence-electron chi connectivity index (χ3n) is 3.22. The Hall–Kier alpha value is -1.76. The fourth-order valence-corrected chi connectivity index (χ4v) is 2.09. The van der Waals surface area contributed by atoms with Crippen LogP contribution in [0.15, 0.2) is 53.5 Å². The van der Waals surface area contributed by atoms with Gasteiger partial charge in [-0.25, -0.2) is 0 Å². The van der Waals surface area contributed by atoms with Crippen molar-refractivity contribution in [2.75, 3.05) is 18.5 Å². The van der Waals surface area contributed by atoms with E-state index in [0.29, 0.717) is 19.1 Å². The second-order valence-corrected chi connectivity index (χ2v) is 5.09. The van der Waals surface area contributed by atoms with E-state index in [0.717, 1.165) is 17.9 Å². The molecule has 23 heavy (non-hydrogen) atoms. The lowest BCUT2D eigenvalue weighted by Gasteiger charge is -2.07. The predicted octanol–water partition coefficient (Wildman–Crippen LogP) is 3.98. The van der Waals surface area contributed by atoms with Gasteiger partial charge < -0.3 is 15.8 Å². The van der Waals surface area contributed by atoms with Crippen molar-refractivity contribution in [2.45, 2.75) is 20.3 Å². The van der Waals surface area contributed by atoms with Gasteiger partial charge in [-0.15, -0.1) is 24.0 Å². The maximum Gasteiger partial charge on any atom is 0.193 e. The Balaban J connectivity index is 0.00000264. The molecule has 4 nitrogen and oxygen atoms in total. The van der Waals surface area contributed by atoms with Crippen LogP contribution in [0.5, 0.6) is 5.75 Å². The molecule has 3 N–H and O–H groups in total. The largest absolute Gasteiger partial charge is 0.494 e. The average Bonchev–Trinajstić information content (AvgIpc) is 2.50. The van der Waals surface area contributed by atoms with Gasteiger partial charge in [0.1, 0.15) is 5.75 Å². The zero-order valence-electron chi connectivity index (χ0n) is 13.6. The van der Waals surface area contributed by atoms with Crippen molar-refractivity contribution in [3.63, 3.8) is 0 Å². The maximum absolute atomic E-state index is 5.90. The van der Waals surface area contributed by atoms with Gasteiger partial charge in [-0.3, -0.25) is 4.99 Å². The molecule has 0 saturated heterocycles. The molecule has 0 bridgehead atoms. The number of benzene rings is 2. The molecule has 2 aromatic rings. The van der Waals surface area contributed by atoms with E-state index in [9.17, 15) is 0 Å². The standard InChI is InChI=1S/C18H23N3O.HI/c1-3-22-17-6-4-5-15(13-17)11-12-20-18(19)21-16-9-7-14(2)8-10-16;/h4-10,13H,3,11-12H2,1-2H3,(H3,19,20,21);1H. The Kier molecular flexibility index (Phi) is 8.47. The highest BCUT2D eigenvalue weighted by Gasteiger charge is 1.98. The summed E-state index contributed by atoms with van der Waals surface area (Å²) in [5.41, 5.74) is 9.26. The molecular formula is C18H24IN3O. The number of halogens is 1. The van der Waals surface area contributed by atoms with Crippen molar-refractivity contribution < 1.29 is 4.74 Å². The van der Waals surface area contributed by atoms with Crippen LogP contribution in [0.2, 0.25) is 0 Å². The van der Waals surface area contributed by atoms with Gasteiger partial charge in [-0.1, -0.05) is 29.8 Å². The summed E-state index contributed by atoms with van der Waals surface area (Å²) < 4.78 is 5.49. The summed E-state index contributed by atoms with van der Waals surface area (Å²) in [6.07, 6.45) is 0.831. The third-order valence-corrected chi connectivity index (χ3v) is 3.22. The van der Waals surface area contributed by atoms with Crippen LogP contribution < -0.4 is 15.8 Å². The molecule has 2 aromatic carbocycles. The Morgan fingerprint density at radius 1 is 1.17 bits per heavy atom. The van der Waals surface area contributed by atoms with Crippen molar-refractivity contribution in [1.82, 2.24) is 0 Å². The number of hydrogen-bond donors (Lipinski definition) is 2. The third kappa shape index (κ3) is 6.90. The van der Waals surface area contributed by atoms with Crippen LogP contribution in [-0.4, -0.2) is 19.1 Å². The monoisotopic (exact) mass is 425 g/mol. The number of ether oxygens (including phenoxy) is 1. The summed E-state index contributed by atoms with van der Waals surface area (Å²) in [6.45, 7) is 5.35. The van der Waals surface area contributed by atoms with Crippen molar-refractivity contribution in [3.05, 3.63) is 59.7 Å². The number of guanidine groups is 1. The molecule has 2 rings (SSSR count). The molecule has 0 amide bonds. The topological polar surface area (TPSA) is 59.6 Å². The highest BCUT2D eigenvalue weighted by Crippen LogP contribution is 2.13. The van der Waals surface area contributed by atoms with E-state index in [1.54, 1.807) is 0 Å². The molecule has 0 radical (unpaired) electrons. The fraction of sp³-hybridized carbons (Fsp3) is 0.278. The smallest absolute Gasteiger partial charge is 0.193 e. The number of rotatable bonds is 6. The van der Waals surface area contributed by atoms with E-state index in [2.05, 4.69) is 23.3 Å². The van der Waals surface area contributed by atoms with Crippen LogP contribution in [-0.2, 0) is 6.42 Å². The summed E-state index contributed by atoms with van der Waals surface area (Å²) in [5.74, 6) is 1.33. The van der Waals surface area contributed by atoms with Crippen molar-refractivity contribution in [2.24, 2.45) is 10.7 Å². The van der Waals surface area contributed by atoms with Gasteiger partial charge in [0.25, 0.3) is 0 Å². The van der Waals surface area contributed by atoms with Crippen molar-refractivity contribution in [1.29, 1.82) is 0 Å². The molecule has 0 saturated carbocycles. The summed E-state index contributed by atoms with van der Waals surface area (Å²) in [6, 6.07) is 16.1. The van der Waals surface area contributed by atoms with Gasteiger partial charge >= 0.3 is 0 Å². The molecule has 0 spiro atoms. The molecule has 0 atom stereocenters. The minimum atomic E-state index is 0. The van der Waals surface area contributed by atoms with E-state index in [4.69, 9.17) is 10.5 Å². The van der Waals surface area contributed by atoms with Crippen LogP contribution in [0.25, 0.3) is 0 Å². The van der Waals surface area contributed by atoms with E-state index in [1.807, 2.05) is 49.4 Å². The van der Waals surface area contributed by atoms with Crippen LogP contribution >= 0.6 is 24.0 Å². The van der Waals surface area contributed by atoms with Gasteiger partial charge in [0.15, 0.2) is 5.96 Å². The van der Waals surface area contributed by atoms with Gasteiger partial charge in [0, 0.05) is 12.2 Å². The number of aliphatic imine (C=N–C) groups is 1. The zero-order valence-corrected chi connectivity index (χ0v) is 15.9. The fourth-order valence-electron chi connectivity index (χ4n) is 2.09. The first-order chi connectivity index (χ1) is 10.7. The summed E-state index contributed by atoms with van der Waals surface area (Å²) in [4.78, 5) is 4.36. The number of nitrogens with zero attached hydrogens (tertiary/aromatic N) is 1. The minimum absolute atomic E-state index is 0. The van der Waals surface area contributed by atoms with Crippen molar-refractivity contribution >= 4 is 35.6 Å². The Morgan fingerprint density at radius 3 is 2.61 bits per heavy atom. The predicted molar refractivity (Wildman–Crippen MR) is 108 cm³/mol. The van der Waals surface area contributed by atoms with Gasteiger partial charge in [0.2, 0.25) is 0 Å². The van der Waals surface area contributed by atoms with Crippen LogP contribution in [0.4, 0.5) is 5.69 Å². The second-order valence-electron chi connectivity index (χ2n) is 5.09. The molecule has 0 aliphatic rings. The molecule has 0 fully saturated rings. The lowest BCUT2D eigenvalue weighted by molar-refractivity contribution is 0.340. The minimum Gasteiger partial charge on any atom is -0.494 e. The summed E-state index contributed by atoms with van der Waals surface area (Å²) in [7, 11) is 0. The summed E-state index contributed by atoms with van der Waals surface area (Å²) in [5, 5.41) is 3.09. The maximum atomic E-state index is 5.90. The Bertz CT molecular complexity index is 626. The van der Waals surface area contributed by atoms with E-state index < -0.39 is 0 Å². The number of anilines is 1. The first-order valence-electron chi connectivity index (χ1n) is 7.52. The second kappa shape index (κ2) is 10.1. The average molecular weight is 425 g/mol. The molecular weight excluding hydrogens is 401 g/mol. The van der Waals surface area contributed by atoms with Crippen molar-refractivity contribution in [3.8, 4) is 5.75 Å². The molecule has 0 aromatic heterocycles. The van der Waals surface area contributed by atoms with E-state index in [1.165, 1.54) is 11.1 Å². The normalized spacial score (nSPS) is 10.8. The van der Waals surface area contributed by atoms with E-state index in [-0.39, 0.29) is 24.0 Å². The summed E-state index contributed by atoms with van der Waals surface area (Å²) >= 11 is 0. The van der Waals surface area contributed by atoms with Gasteiger partial charge in [-0.05, 0) is 50.1 Å². The van der Waals surface area contributed by atoms with Crippen LogP contribution in [0.3, 0.4) is 0 Å².